The van der Waals surface area contributed by atoms with E-state index in [2.05, 4.69) is 31.1 Å². The summed E-state index contributed by atoms with van der Waals surface area (Å²) in [6.07, 6.45) is -0.815. The summed E-state index contributed by atoms with van der Waals surface area (Å²) >= 11 is 0. The van der Waals surface area contributed by atoms with Crippen molar-refractivity contribution >= 4 is 0 Å². The Morgan fingerprint density at radius 1 is 1.30 bits per heavy atom. The van der Waals surface area contributed by atoms with E-state index >= 15 is 0 Å². The molecule has 0 saturated carbocycles. The van der Waals surface area contributed by atoms with Crippen molar-refractivity contribution in [3.05, 3.63) is 23.4 Å². The van der Waals surface area contributed by atoms with Crippen LogP contribution in [0.4, 0.5) is 8.78 Å². The fourth-order valence-electron chi connectivity index (χ4n) is 1.65. The molecule has 0 amide bonds. The van der Waals surface area contributed by atoms with Gasteiger partial charge in [-0.25, -0.2) is 13.8 Å². The van der Waals surface area contributed by atoms with Crippen LogP contribution in [0.2, 0.25) is 0 Å². The van der Waals surface area contributed by atoms with Gasteiger partial charge in [0.25, 0.3) is 6.43 Å². The molecule has 0 radical (unpaired) electrons. The zero-order chi connectivity index (χ0) is 15.3. The van der Waals surface area contributed by atoms with E-state index in [0.717, 1.165) is 11.1 Å². The molecule has 0 aromatic carbocycles. The van der Waals surface area contributed by atoms with Crippen LogP contribution in [0.25, 0.3) is 0 Å². The lowest BCUT2D eigenvalue weighted by Gasteiger charge is -2.21. The second kappa shape index (κ2) is 6.97. The van der Waals surface area contributed by atoms with Crippen molar-refractivity contribution in [1.29, 1.82) is 0 Å². The Bertz CT molecular complexity index is 428. The van der Waals surface area contributed by atoms with Gasteiger partial charge in [-0.3, -0.25) is 0 Å². The van der Waals surface area contributed by atoms with Gasteiger partial charge in [0.15, 0.2) is 6.61 Å². The van der Waals surface area contributed by atoms with Gasteiger partial charge in [0.05, 0.1) is 0 Å². The third-order valence-corrected chi connectivity index (χ3v) is 2.73. The van der Waals surface area contributed by atoms with E-state index in [1.165, 1.54) is 0 Å². The topological polar surface area (TPSA) is 34.2 Å². The summed E-state index contributed by atoms with van der Waals surface area (Å²) in [5, 5.41) is 3.37. The molecule has 0 fully saturated rings. The van der Waals surface area contributed by atoms with Gasteiger partial charge in [-0.15, -0.1) is 0 Å². The van der Waals surface area contributed by atoms with Crippen molar-refractivity contribution in [2.75, 3.05) is 6.61 Å². The first-order valence-corrected chi connectivity index (χ1v) is 6.84. The van der Waals surface area contributed by atoms with Crippen LogP contribution in [0, 0.1) is 0 Å². The third kappa shape index (κ3) is 5.82. The van der Waals surface area contributed by atoms with Gasteiger partial charge in [0.1, 0.15) is 0 Å². The molecule has 0 unspecified atom stereocenters. The predicted octanol–water partition coefficient (Wildman–Crippen LogP) is 3.74. The standard InChI is InChI=1S/C15H24F2N2O/c1-10(2)12-6-11(8-19-15(3,4)5)7-18-14(12)20-9-13(16)17/h6-7,10,13,19H,8-9H2,1-5H3. The van der Waals surface area contributed by atoms with Gasteiger partial charge in [-0.05, 0) is 38.3 Å². The Kier molecular flexibility index (Phi) is 5.87. The highest BCUT2D eigenvalue weighted by Crippen LogP contribution is 2.25. The number of halogens is 2. The lowest BCUT2D eigenvalue weighted by Crippen LogP contribution is -2.35. The normalized spacial score (nSPS) is 12.2. The molecular formula is C15H24F2N2O. The van der Waals surface area contributed by atoms with Crippen LogP contribution in [0.3, 0.4) is 0 Å². The number of nitrogens with zero attached hydrogens (tertiary/aromatic N) is 1. The smallest absolute Gasteiger partial charge is 0.272 e. The number of alkyl halides is 2. The van der Waals surface area contributed by atoms with Gasteiger partial charge in [0.2, 0.25) is 5.88 Å². The van der Waals surface area contributed by atoms with Crippen LogP contribution in [0.15, 0.2) is 12.3 Å². The van der Waals surface area contributed by atoms with Gasteiger partial charge in [-0.2, -0.15) is 0 Å². The van der Waals surface area contributed by atoms with Gasteiger partial charge >= 0.3 is 0 Å². The quantitative estimate of drug-likeness (QED) is 0.865. The fraction of sp³-hybridized carbons (Fsp3) is 0.667. The number of hydrogen-bond donors (Lipinski definition) is 1. The summed E-state index contributed by atoms with van der Waals surface area (Å²) in [4.78, 5) is 4.18. The van der Waals surface area contributed by atoms with Crippen molar-refractivity contribution in [3.8, 4) is 5.88 Å². The number of rotatable bonds is 6. The maximum atomic E-state index is 12.2. The van der Waals surface area contributed by atoms with Crippen LogP contribution in [-0.4, -0.2) is 23.6 Å². The second-order valence-corrected chi connectivity index (χ2v) is 6.20. The summed E-state index contributed by atoms with van der Waals surface area (Å²) in [5.41, 5.74) is 1.90. The highest BCUT2D eigenvalue weighted by Gasteiger charge is 2.14. The van der Waals surface area contributed by atoms with Crippen molar-refractivity contribution in [2.45, 2.75) is 59.0 Å². The first-order valence-electron chi connectivity index (χ1n) is 6.84. The maximum Gasteiger partial charge on any atom is 0.272 e. The molecule has 0 saturated heterocycles. The van der Waals surface area contributed by atoms with Gasteiger partial charge in [0, 0.05) is 23.8 Å². The highest BCUT2D eigenvalue weighted by molar-refractivity contribution is 5.32. The van der Waals surface area contributed by atoms with Crippen molar-refractivity contribution in [2.24, 2.45) is 0 Å². The zero-order valence-electron chi connectivity index (χ0n) is 12.8. The summed E-state index contributed by atoms with van der Waals surface area (Å²) in [5.74, 6) is 0.476. The molecule has 0 aliphatic rings. The molecule has 0 spiro atoms. The van der Waals surface area contributed by atoms with Gasteiger partial charge < -0.3 is 10.1 Å². The molecule has 1 aromatic heterocycles. The molecule has 1 heterocycles. The molecule has 1 aromatic rings. The summed E-state index contributed by atoms with van der Waals surface area (Å²) < 4.78 is 29.5. The zero-order valence-corrected chi connectivity index (χ0v) is 12.8. The van der Waals surface area contributed by atoms with E-state index in [9.17, 15) is 8.78 Å². The number of pyridine rings is 1. The summed E-state index contributed by atoms with van der Waals surface area (Å²) in [6.45, 7) is 10.3. The molecule has 0 bridgehead atoms. The van der Waals surface area contributed by atoms with Gasteiger partial charge in [-0.1, -0.05) is 13.8 Å². The first-order chi connectivity index (χ1) is 9.19. The molecule has 0 atom stereocenters. The van der Waals surface area contributed by atoms with E-state index in [4.69, 9.17) is 4.74 Å². The summed E-state index contributed by atoms with van der Waals surface area (Å²) in [7, 11) is 0. The van der Waals surface area contributed by atoms with Crippen LogP contribution in [0.5, 0.6) is 5.88 Å². The average molecular weight is 286 g/mol. The fourth-order valence-corrected chi connectivity index (χ4v) is 1.65. The van der Waals surface area contributed by atoms with Crippen LogP contribution >= 0.6 is 0 Å². The SMILES string of the molecule is CC(C)c1cc(CNC(C)(C)C)cnc1OCC(F)F. The summed E-state index contributed by atoms with van der Waals surface area (Å²) in [6, 6.07) is 1.97. The largest absolute Gasteiger partial charge is 0.471 e. The lowest BCUT2D eigenvalue weighted by atomic mass is 10.0. The molecule has 20 heavy (non-hydrogen) atoms. The van der Waals surface area contributed by atoms with E-state index in [1.807, 2.05) is 19.9 Å². The second-order valence-electron chi connectivity index (χ2n) is 6.20. The number of aromatic nitrogens is 1. The minimum Gasteiger partial charge on any atom is -0.471 e. The average Bonchev–Trinajstić information content (AvgIpc) is 2.33. The first kappa shape index (κ1) is 16.8. The van der Waals surface area contributed by atoms with Crippen molar-refractivity contribution in [3.63, 3.8) is 0 Å². The molecule has 114 valence electrons. The van der Waals surface area contributed by atoms with E-state index < -0.39 is 13.0 Å². The maximum absolute atomic E-state index is 12.2. The predicted molar refractivity (Wildman–Crippen MR) is 76.4 cm³/mol. The molecule has 5 heteroatoms. The Morgan fingerprint density at radius 2 is 1.95 bits per heavy atom. The Morgan fingerprint density at radius 3 is 2.45 bits per heavy atom. The van der Waals surface area contributed by atoms with Crippen molar-refractivity contribution < 1.29 is 13.5 Å². The Hall–Kier alpha value is -1.23. The Balaban J connectivity index is 2.84. The number of ether oxygens (including phenoxy) is 1. The number of hydrogen-bond acceptors (Lipinski definition) is 3. The molecule has 1 rings (SSSR count). The third-order valence-electron chi connectivity index (χ3n) is 2.73. The van der Waals surface area contributed by atoms with E-state index in [0.29, 0.717) is 12.4 Å². The van der Waals surface area contributed by atoms with Crippen LogP contribution in [-0.2, 0) is 6.54 Å². The number of nitrogens with one attached hydrogen (secondary N) is 1. The Labute approximate surface area is 119 Å². The molecule has 1 N–H and O–H groups in total. The molecular weight excluding hydrogens is 262 g/mol. The van der Waals surface area contributed by atoms with Crippen LogP contribution < -0.4 is 10.1 Å². The highest BCUT2D eigenvalue weighted by atomic mass is 19.3. The molecule has 0 aliphatic carbocycles. The van der Waals surface area contributed by atoms with E-state index in [1.54, 1.807) is 6.20 Å². The van der Waals surface area contributed by atoms with Crippen LogP contribution in [0.1, 0.15) is 51.7 Å². The molecule has 0 aliphatic heterocycles. The molecule has 3 nitrogen and oxygen atoms in total. The van der Waals surface area contributed by atoms with E-state index in [-0.39, 0.29) is 11.5 Å². The lowest BCUT2D eigenvalue weighted by molar-refractivity contribution is 0.0789. The monoisotopic (exact) mass is 286 g/mol. The minimum atomic E-state index is -2.49. The van der Waals surface area contributed by atoms with Crippen molar-refractivity contribution in [1.82, 2.24) is 10.3 Å². The minimum absolute atomic E-state index is 0.0167.